The molecule has 1 heterocycles. The highest BCUT2D eigenvalue weighted by Crippen LogP contribution is 2.26. The van der Waals surface area contributed by atoms with E-state index in [4.69, 9.17) is 4.74 Å². The number of hydrogen-bond donors (Lipinski definition) is 2. The SMILES string of the molecule is CCCCNC(=NC)Nc1ccccc1N1CCOCC1. The Balaban J connectivity index is 2.04. The topological polar surface area (TPSA) is 48.9 Å². The van der Waals surface area contributed by atoms with E-state index >= 15 is 0 Å². The summed E-state index contributed by atoms with van der Waals surface area (Å²) in [7, 11) is 1.80. The molecule has 1 aromatic rings. The summed E-state index contributed by atoms with van der Waals surface area (Å²) in [4.78, 5) is 6.64. The summed E-state index contributed by atoms with van der Waals surface area (Å²) in [5.74, 6) is 0.823. The zero-order valence-electron chi connectivity index (χ0n) is 13.1. The molecular weight excluding hydrogens is 264 g/mol. The highest BCUT2D eigenvalue weighted by atomic mass is 16.5. The molecule has 0 amide bonds. The van der Waals surface area contributed by atoms with Gasteiger partial charge in [0.15, 0.2) is 5.96 Å². The molecular formula is C16H26N4O. The average molecular weight is 290 g/mol. The smallest absolute Gasteiger partial charge is 0.195 e. The molecule has 116 valence electrons. The second-order valence-corrected chi connectivity index (χ2v) is 5.09. The number of nitrogens with zero attached hydrogens (tertiary/aromatic N) is 2. The largest absolute Gasteiger partial charge is 0.378 e. The van der Waals surface area contributed by atoms with E-state index in [0.29, 0.717) is 0 Å². The van der Waals surface area contributed by atoms with E-state index in [9.17, 15) is 0 Å². The number of aliphatic imine (C=N–C) groups is 1. The first kappa shape index (κ1) is 15.6. The molecule has 0 aromatic heterocycles. The third-order valence-electron chi connectivity index (χ3n) is 3.56. The van der Waals surface area contributed by atoms with Gasteiger partial charge in [0, 0.05) is 26.7 Å². The summed E-state index contributed by atoms with van der Waals surface area (Å²) < 4.78 is 5.43. The van der Waals surface area contributed by atoms with Gasteiger partial charge in [-0.15, -0.1) is 0 Å². The van der Waals surface area contributed by atoms with Crippen molar-refractivity contribution < 1.29 is 4.74 Å². The number of para-hydroxylation sites is 2. The van der Waals surface area contributed by atoms with Gasteiger partial charge in [-0.05, 0) is 18.6 Å². The van der Waals surface area contributed by atoms with Gasteiger partial charge in [0.05, 0.1) is 24.6 Å². The highest BCUT2D eigenvalue weighted by Gasteiger charge is 2.14. The molecule has 1 aliphatic heterocycles. The van der Waals surface area contributed by atoms with Crippen LogP contribution in [0.3, 0.4) is 0 Å². The fourth-order valence-corrected chi connectivity index (χ4v) is 2.35. The summed E-state index contributed by atoms with van der Waals surface area (Å²) in [5, 5.41) is 6.75. The van der Waals surface area contributed by atoms with E-state index in [0.717, 1.165) is 50.9 Å². The summed E-state index contributed by atoms with van der Waals surface area (Å²) in [6.45, 7) is 6.57. The van der Waals surface area contributed by atoms with Gasteiger partial charge in [-0.25, -0.2) is 0 Å². The number of anilines is 2. The number of rotatable bonds is 5. The lowest BCUT2D eigenvalue weighted by Gasteiger charge is -2.30. The van der Waals surface area contributed by atoms with Gasteiger partial charge < -0.3 is 20.3 Å². The minimum atomic E-state index is 0.789. The summed E-state index contributed by atoms with van der Waals surface area (Å²) in [6, 6.07) is 8.36. The van der Waals surface area contributed by atoms with Crippen LogP contribution in [0.2, 0.25) is 0 Å². The van der Waals surface area contributed by atoms with Crippen LogP contribution in [0.1, 0.15) is 19.8 Å². The first-order valence-electron chi connectivity index (χ1n) is 7.74. The summed E-state index contributed by atoms with van der Waals surface area (Å²) in [6.07, 6.45) is 2.32. The second kappa shape index (κ2) is 8.52. The Morgan fingerprint density at radius 3 is 2.76 bits per heavy atom. The Labute approximate surface area is 127 Å². The highest BCUT2D eigenvalue weighted by molar-refractivity contribution is 5.96. The average Bonchev–Trinajstić information content (AvgIpc) is 2.55. The van der Waals surface area contributed by atoms with E-state index in [1.807, 2.05) is 6.07 Å². The molecule has 5 heteroatoms. The first-order valence-corrected chi connectivity index (χ1v) is 7.74. The van der Waals surface area contributed by atoms with Crippen LogP contribution in [0.5, 0.6) is 0 Å². The van der Waals surface area contributed by atoms with Crippen molar-refractivity contribution >= 4 is 17.3 Å². The summed E-state index contributed by atoms with van der Waals surface area (Å²) in [5.41, 5.74) is 2.29. The van der Waals surface area contributed by atoms with E-state index in [1.165, 1.54) is 12.1 Å². The third-order valence-corrected chi connectivity index (χ3v) is 3.56. The minimum Gasteiger partial charge on any atom is -0.378 e. The molecule has 21 heavy (non-hydrogen) atoms. The van der Waals surface area contributed by atoms with Crippen molar-refractivity contribution in [2.45, 2.75) is 19.8 Å². The van der Waals surface area contributed by atoms with Crippen LogP contribution in [0, 0.1) is 0 Å². The number of hydrogen-bond acceptors (Lipinski definition) is 3. The number of guanidine groups is 1. The lowest BCUT2D eigenvalue weighted by molar-refractivity contribution is 0.123. The zero-order valence-corrected chi connectivity index (χ0v) is 13.1. The van der Waals surface area contributed by atoms with Crippen LogP contribution in [-0.4, -0.2) is 45.9 Å². The van der Waals surface area contributed by atoms with E-state index in [-0.39, 0.29) is 0 Å². The standard InChI is InChI=1S/C16H26N4O/c1-3-4-9-18-16(17-2)19-14-7-5-6-8-15(14)20-10-12-21-13-11-20/h5-8H,3-4,9-13H2,1-2H3,(H2,17,18,19). The van der Waals surface area contributed by atoms with Gasteiger partial charge in [0.1, 0.15) is 0 Å². The lowest BCUT2D eigenvalue weighted by Crippen LogP contribution is -2.37. The van der Waals surface area contributed by atoms with Gasteiger partial charge in [-0.2, -0.15) is 0 Å². The molecule has 5 nitrogen and oxygen atoms in total. The van der Waals surface area contributed by atoms with Crippen LogP contribution in [-0.2, 0) is 4.74 Å². The molecule has 2 rings (SSSR count). The molecule has 0 atom stereocenters. The first-order chi connectivity index (χ1) is 10.3. The third kappa shape index (κ3) is 4.63. The van der Waals surface area contributed by atoms with Crippen LogP contribution in [0.15, 0.2) is 29.3 Å². The Morgan fingerprint density at radius 2 is 2.05 bits per heavy atom. The number of nitrogens with one attached hydrogen (secondary N) is 2. The van der Waals surface area contributed by atoms with Gasteiger partial charge in [-0.3, -0.25) is 4.99 Å². The zero-order chi connectivity index (χ0) is 14.9. The molecule has 0 saturated carbocycles. The van der Waals surface area contributed by atoms with Crippen LogP contribution >= 0.6 is 0 Å². The molecule has 0 spiro atoms. The van der Waals surface area contributed by atoms with E-state index in [2.05, 4.69) is 45.6 Å². The Kier molecular flexibility index (Phi) is 6.34. The van der Waals surface area contributed by atoms with Crippen LogP contribution in [0.4, 0.5) is 11.4 Å². The molecule has 0 bridgehead atoms. The van der Waals surface area contributed by atoms with Gasteiger partial charge in [0.2, 0.25) is 0 Å². The van der Waals surface area contributed by atoms with Crippen molar-refractivity contribution in [1.82, 2.24) is 5.32 Å². The minimum absolute atomic E-state index is 0.789. The van der Waals surface area contributed by atoms with Crippen molar-refractivity contribution in [2.24, 2.45) is 4.99 Å². The fourth-order valence-electron chi connectivity index (χ4n) is 2.35. The fraction of sp³-hybridized carbons (Fsp3) is 0.562. The van der Waals surface area contributed by atoms with E-state index in [1.54, 1.807) is 7.05 Å². The van der Waals surface area contributed by atoms with Crippen molar-refractivity contribution in [3.8, 4) is 0 Å². The molecule has 1 aliphatic rings. The predicted octanol–water partition coefficient (Wildman–Crippen LogP) is 2.31. The second-order valence-electron chi connectivity index (χ2n) is 5.09. The van der Waals surface area contributed by atoms with Crippen LogP contribution in [0.25, 0.3) is 0 Å². The Bertz CT molecular complexity index is 455. The maximum absolute atomic E-state index is 5.43. The number of benzene rings is 1. The Morgan fingerprint density at radius 1 is 1.29 bits per heavy atom. The Hall–Kier alpha value is -1.75. The van der Waals surface area contributed by atoms with Gasteiger partial charge in [-0.1, -0.05) is 25.5 Å². The van der Waals surface area contributed by atoms with Crippen molar-refractivity contribution in [2.75, 3.05) is 50.1 Å². The molecule has 2 N–H and O–H groups in total. The van der Waals surface area contributed by atoms with Crippen molar-refractivity contribution in [3.63, 3.8) is 0 Å². The van der Waals surface area contributed by atoms with Crippen LogP contribution < -0.4 is 15.5 Å². The molecule has 0 radical (unpaired) electrons. The molecule has 1 fully saturated rings. The molecule has 0 unspecified atom stereocenters. The molecule has 1 aromatic carbocycles. The maximum atomic E-state index is 5.43. The quantitative estimate of drug-likeness (QED) is 0.496. The number of morpholine rings is 1. The number of unbranched alkanes of at least 4 members (excludes halogenated alkanes) is 1. The van der Waals surface area contributed by atoms with Gasteiger partial charge >= 0.3 is 0 Å². The van der Waals surface area contributed by atoms with Crippen molar-refractivity contribution in [3.05, 3.63) is 24.3 Å². The maximum Gasteiger partial charge on any atom is 0.195 e. The molecule has 0 aliphatic carbocycles. The van der Waals surface area contributed by atoms with Crippen molar-refractivity contribution in [1.29, 1.82) is 0 Å². The predicted molar refractivity (Wildman–Crippen MR) is 89.4 cm³/mol. The lowest BCUT2D eigenvalue weighted by atomic mass is 10.2. The normalized spacial score (nSPS) is 15.9. The summed E-state index contributed by atoms with van der Waals surface area (Å²) >= 11 is 0. The number of ether oxygens (including phenoxy) is 1. The van der Waals surface area contributed by atoms with E-state index < -0.39 is 0 Å². The monoisotopic (exact) mass is 290 g/mol. The molecule has 1 saturated heterocycles. The van der Waals surface area contributed by atoms with Gasteiger partial charge in [0.25, 0.3) is 0 Å².